The van der Waals surface area contributed by atoms with E-state index in [4.69, 9.17) is 5.84 Å². The van der Waals surface area contributed by atoms with Gasteiger partial charge in [0.05, 0.1) is 29.8 Å². The van der Waals surface area contributed by atoms with Crippen molar-refractivity contribution >= 4 is 0 Å². The first-order valence-electron chi connectivity index (χ1n) is 5.51. The van der Waals surface area contributed by atoms with Crippen molar-refractivity contribution in [3.05, 3.63) is 41.7 Å². The third-order valence-corrected chi connectivity index (χ3v) is 2.57. The number of nitrogens with zero attached hydrogens (tertiary/aromatic N) is 4. The van der Waals surface area contributed by atoms with Crippen molar-refractivity contribution in [1.29, 1.82) is 0 Å². The lowest BCUT2D eigenvalue weighted by atomic mass is 10.1. The van der Waals surface area contributed by atoms with Gasteiger partial charge in [-0.2, -0.15) is 5.10 Å². The predicted molar refractivity (Wildman–Crippen MR) is 63.8 cm³/mol. The number of hydrazine groups is 1. The van der Waals surface area contributed by atoms with Crippen LogP contribution in [0, 0.1) is 6.92 Å². The molecular formula is C11H16N6. The van der Waals surface area contributed by atoms with Crippen LogP contribution in [0.2, 0.25) is 0 Å². The Balaban J connectivity index is 2.29. The fourth-order valence-electron chi connectivity index (χ4n) is 1.61. The van der Waals surface area contributed by atoms with Crippen LogP contribution in [0.4, 0.5) is 0 Å². The van der Waals surface area contributed by atoms with E-state index in [0.29, 0.717) is 0 Å². The van der Waals surface area contributed by atoms with Gasteiger partial charge in [-0.05, 0) is 13.8 Å². The maximum atomic E-state index is 5.57. The fourth-order valence-corrected chi connectivity index (χ4v) is 1.61. The topological polar surface area (TPSA) is 81.7 Å². The highest BCUT2D eigenvalue weighted by atomic mass is 15.3. The molecule has 0 spiro atoms. The summed E-state index contributed by atoms with van der Waals surface area (Å²) < 4.78 is 1.85. The number of hydrogen-bond acceptors (Lipinski definition) is 5. The van der Waals surface area contributed by atoms with Crippen LogP contribution in [0.15, 0.2) is 24.8 Å². The molecule has 1 unspecified atom stereocenters. The van der Waals surface area contributed by atoms with Crippen molar-refractivity contribution in [1.82, 2.24) is 25.2 Å². The Morgan fingerprint density at radius 1 is 1.35 bits per heavy atom. The highest BCUT2D eigenvalue weighted by Gasteiger charge is 2.15. The summed E-state index contributed by atoms with van der Waals surface area (Å²) in [5.41, 5.74) is 5.38. The first-order valence-corrected chi connectivity index (χ1v) is 5.51. The smallest absolute Gasteiger partial charge is 0.0927 e. The summed E-state index contributed by atoms with van der Waals surface area (Å²) in [7, 11) is 0. The van der Waals surface area contributed by atoms with Gasteiger partial charge >= 0.3 is 0 Å². The predicted octanol–water partition coefficient (Wildman–Crippen LogP) is 0.554. The van der Waals surface area contributed by atoms with Crippen molar-refractivity contribution in [3.63, 3.8) is 0 Å². The van der Waals surface area contributed by atoms with Crippen LogP contribution in [0.5, 0.6) is 0 Å². The van der Waals surface area contributed by atoms with E-state index in [9.17, 15) is 0 Å². The Labute approximate surface area is 99.9 Å². The molecule has 17 heavy (non-hydrogen) atoms. The molecule has 2 rings (SSSR count). The largest absolute Gasteiger partial charge is 0.273 e. The van der Waals surface area contributed by atoms with Crippen LogP contribution in [-0.4, -0.2) is 19.7 Å². The summed E-state index contributed by atoms with van der Waals surface area (Å²) in [6, 6.07) is -0.177. The Bertz CT molecular complexity index is 475. The second kappa shape index (κ2) is 5.03. The summed E-state index contributed by atoms with van der Waals surface area (Å²) in [5.74, 6) is 5.57. The molecule has 0 radical (unpaired) electrons. The number of hydrogen-bond donors (Lipinski definition) is 2. The van der Waals surface area contributed by atoms with Crippen LogP contribution in [0.25, 0.3) is 0 Å². The lowest BCUT2D eigenvalue weighted by Gasteiger charge is -2.12. The van der Waals surface area contributed by atoms with Crippen LogP contribution in [0.3, 0.4) is 0 Å². The van der Waals surface area contributed by atoms with E-state index in [-0.39, 0.29) is 6.04 Å². The highest BCUT2D eigenvalue weighted by molar-refractivity contribution is 5.22. The van der Waals surface area contributed by atoms with Gasteiger partial charge in [0.15, 0.2) is 0 Å². The van der Waals surface area contributed by atoms with Gasteiger partial charge in [-0.25, -0.2) is 5.43 Å². The van der Waals surface area contributed by atoms with Gasteiger partial charge in [0.2, 0.25) is 0 Å². The number of nitrogens with one attached hydrogen (secondary N) is 1. The average molecular weight is 232 g/mol. The molecule has 0 aromatic carbocycles. The first kappa shape index (κ1) is 11.7. The Morgan fingerprint density at radius 3 is 2.71 bits per heavy atom. The molecular weight excluding hydrogens is 216 g/mol. The molecule has 0 bridgehead atoms. The van der Waals surface area contributed by atoms with Gasteiger partial charge in [0.1, 0.15) is 0 Å². The van der Waals surface area contributed by atoms with E-state index < -0.39 is 0 Å². The van der Waals surface area contributed by atoms with E-state index >= 15 is 0 Å². The van der Waals surface area contributed by atoms with E-state index in [1.165, 1.54) is 0 Å². The minimum atomic E-state index is -0.177. The third-order valence-electron chi connectivity index (χ3n) is 2.57. The Kier molecular flexibility index (Phi) is 3.46. The molecule has 6 heteroatoms. The zero-order valence-corrected chi connectivity index (χ0v) is 9.96. The van der Waals surface area contributed by atoms with Gasteiger partial charge in [-0.3, -0.25) is 20.5 Å². The molecule has 0 saturated heterocycles. The minimum Gasteiger partial charge on any atom is -0.273 e. The van der Waals surface area contributed by atoms with Crippen LogP contribution < -0.4 is 11.3 Å². The molecule has 2 heterocycles. The molecule has 3 N–H and O–H groups in total. The molecule has 2 aromatic heterocycles. The maximum Gasteiger partial charge on any atom is 0.0927 e. The fraction of sp³-hybridized carbons (Fsp3) is 0.364. The molecule has 0 fully saturated rings. The van der Waals surface area contributed by atoms with Crippen molar-refractivity contribution in [2.75, 3.05) is 0 Å². The SMILES string of the molecule is CCn1cc(C(NN)c2cnc(C)cn2)cn1. The molecule has 0 amide bonds. The third kappa shape index (κ3) is 2.48. The van der Waals surface area contributed by atoms with E-state index in [2.05, 4.69) is 20.5 Å². The van der Waals surface area contributed by atoms with Crippen LogP contribution >= 0.6 is 0 Å². The summed E-state index contributed by atoms with van der Waals surface area (Å²) in [5, 5.41) is 4.22. The van der Waals surface area contributed by atoms with Gasteiger partial charge in [-0.15, -0.1) is 0 Å². The molecule has 1 atom stereocenters. The summed E-state index contributed by atoms with van der Waals surface area (Å²) in [4.78, 5) is 8.53. The van der Waals surface area contributed by atoms with Gasteiger partial charge < -0.3 is 0 Å². The standard InChI is InChI=1S/C11H16N6/c1-3-17-7-9(5-15-17)11(16-12)10-6-13-8(2)4-14-10/h4-7,11,16H,3,12H2,1-2H3. The second-order valence-electron chi connectivity index (χ2n) is 3.81. The van der Waals surface area contributed by atoms with Gasteiger partial charge in [0.25, 0.3) is 0 Å². The summed E-state index contributed by atoms with van der Waals surface area (Å²) >= 11 is 0. The lowest BCUT2D eigenvalue weighted by molar-refractivity contribution is 0.613. The monoisotopic (exact) mass is 232 g/mol. The van der Waals surface area contributed by atoms with Crippen molar-refractivity contribution < 1.29 is 0 Å². The number of rotatable bonds is 4. The van der Waals surface area contributed by atoms with Crippen molar-refractivity contribution in [3.8, 4) is 0 Å². The highest BCUT2D eigenvalue weighted by Crippen LogP contribution is 2.18. The normalized spacial score (nSPS) is 12.6. The maximum absolute atomic E-state index is 5.57. The Morgan fingerprint density at radius 2 is 2.18 bits per heavy atom. The number of aromatic nitrogens is 4. The van der Waals surface area contributed by atoms with E-state index in [1.807, 2.05) is 24.7 Å². The van der Waals surface area contributed by atoms with Gasteiger partial charge in [-0.1, -0.05) is 0 Å². The Hall–Kier alpha value is -1.79. The minimum absolute atomic E-state index is 0.177. The molecule has 2 aromatic rings. The summed E-state index contributed by atoms with van der Waals surface area (Å²) in [6.45, 7) is 4.76. The van der Waals surface area contributed by atoms with Gasteiger partial charge in [0, 0.05) is 24.5 Å². The second-order valence-corrected chi connectivity index (χ2v) is 3.81. The lowest BCUT2D eigenvalue weighted by Crippen LogP contribution is -2.29. The number of aryl methyl sites for hydroxylation is 2. The molecule has 90 valence electrons. The van der Waals surface area contributed by atoms with Crippen LogP contribution in [0.1, 0.15) is 29.9 Å². The van der Waals surface area contributed by atoms with Crippen molar-refractivity contribution in [2.45, 2.75) is 26.4 Å². The quantitative estimate of drug-likeness (QED) is 0.594. The van der Waals surface area contributed by atoms with E-state index in [1.54, 1.807) is 18.6 Å². The average Bonchev–Trinajstić information content (AvgIpc) is 2.81. The van der Waals surface area contributed by atoms with Crippen LogP contribution in [-0.2, 0) is 6.54 Å². The molecule has 0 aliphatic heterocycles. The zero-order chi connectivity index (χ0) is 12.3. The zero-order valence-electron chi connectivity index (χ0n) is 9.96. The summed E-state index contributed by atoms with van der Waals surface area (Å²) in [6.07, 6.45) is 7.19. The number of nitrogens with two attached hydrogens (primary N) is 1. The first-order chi connectivity index (χ1) is 8.24. The van der Waals surface area contributed by atoms with E-state index in [0.717, 1.165) is 23.5 Å². The molecule has 0 aliphatic rings. The molecule has 0 saturated carbocycles. The molecule has 0 aliphatic carbocycles. The molecule has 6 nitrogen and oxygen atoms in total. The van der Waals surface area contributed by atoms with Crippen molar-refractivity contribution in [2.24, 2.45) is 5.84 Å².